The lowest BCUT2D eigenvalue weighted by molar-refractivity contribution is -0.362. The van der Waals surface area contributed by atoms with Gasteiger partial charge in [0.2, 0.25) is 0 Å². The summed E-state index contributed by atoms with van der Waals surface area (Å²) in [5.41, 5.74) is -1.45. The summed E-state index contributed by atoms with van der Waals surface area (Å²) in [5, 5.41) is 11.3. The second-order valence-electron chi connectivity index (χ2n) is 11.4. The molecular formula is C27H30F5NO3S. The number of rotatable bonds is 3. The lowest BCUT2D eigenvalue weighted by atomic mass is 9.50. The summed E-state index contributed by atoms with van der Waals surface area (Å²) in [4.78, 5) is 12.4. The topological polar surface area (TPSA) is 78.2 Å². The van der Waals surface area contributed by atoms with Crippen LogP contribution in [0.3, 0.4) is 0 Å². The van der Waals surface area contributed by atoms with Gasteiger partial charge in [0.05, 0.1) is 9.73 Å². The first-order valence-corrected chi connectivity index (χ1v) is 14.5. The minimum atomic E-state index is -5.89. The van der Waals surface area contributed by atoms with Crippen molar-refractivity contribution >= 4 is 15.5 Å². The standard InChI is InChI=1S/C27H30F5NO3S/c1-24-14-21(15-3-7-18(8-4-15)37(2,33)36)23-19-10-6-17(34)13-16(19)5-9-20(23)22(24)11-12-25(24,35)26(28,29)27(30,31)32/h3-4,7-8,13,20-22,33,35H,5-6,9-12,14H2,1-2H3/t20?,21-,22?,24+,25+,37?/m1/s1. The van der Waals surface area contributed by atoms with Crippen molar-refractivity contribution in [1.29, 1.82) is 4.78 Å². The summed E-state index contributed by atoms with van der Waals surface area (Å²) < 4.78 is 90.9. The average Bonchev–Trinajstić information content (AvgIpc) is 3.09. The van der Waals surface area contributed by atoms with Crippen LogP contribution in [0.2, 0.25) is 0 Å². The second kappa shape index (κ2) is 8.21. The Morgan fingerprint density at radius 3 is 2.30 bits per heavy atom. The van der Waals surface area contributed by atoms with Gasteiger partial charge in [-0.3, -0.25) is 4.79 Å². The van der Waals surface area contributed by atoms with E-state index < -0.39 is 51.1 Å². The van der Waals surface area contributed by atoms with Gasteiger partial charge in [-0.25, -0.2) is 8.99 Å². The molecule has 0 aromatic heterocycles. The zero-order valence-corrected chi connectivity index (χ0v) is 21.4. The zero-order chi connectivity index (χ0) is 27.2. The van der Waals surface area contributed by atoms with E-state index in [1.165, 1.54) is 25.3 Å². The largest absolute Gasteiger partial charge is 0.456 e. The molecule has 1 aromatic rings. The van der Waals surface area contributed by atoms with Gasteiger partial charge in [0.25, 0.3) is 0 Å². The molecule has 4 aliphatic rings. The van der Waals surface area contributed by atoms with Crippen LogP contribution >= 0.6 is 0 Å². The van der Waals surface area contributed by atoms with Gasteiger partial charge < -0.3 is 5.11 Å². The molecule has 3 unspecified atom stereocenters. The van der Waals surface area contributed by atoms with Crippen LogP contribution in [0.15, 0.2) is 52.0 Å². The van der Waals surface area contributed by atoms with E-state index in [0.29, 0.717) is 36.1 Å². The Kier molecular flexibility index (Phi) is 5.89. The number of ketones is 1. The van der Waals surface area contributed by atoms with E-state index in [4.69, 9.17) is 4.78 Å². The van der Waals surface area contributed by atoms with E-state index in [2.05, 4.69) is 0 Å². The number of halogens is 5. The Bertz CT molecular complexity index is 1310. The van der Waals surface area contributed by atoms with Crippen molar-refractivity contribution in [1.82, 2.24) is 0 Å². The minimum Gasteiger partial charge on any atom is -0.383 e. The number of aliphatic hydroxyl groups is 1. The van der Waals surface area contributed by atoms with Crippen LogP contribution in [0.1, 0.15) is 63.4 Å². The Morgan fingerprint density at radius 2 is 1.70 bits per heavy atom. The highest BCUT2D eigenvalue weighted by molar-refractivity contribution is 7.91. The highest BCUT2D eigenvalue weighted by Gasteiger charge is 2.79. The van der Waals surface area contributed by atoms with Crippen molar-refractivity contribution < 1.29 is 36.1 Å². The van der Waals surface area contributed by atoms with Crippen molar-refractivity contribution in [3.63, 3.8) is 0 Å². The fourth-order valence-corrected chi connectivity index (χ4v) is 8.33. The van der Waals surface area contributed by atoms with Gasteiger partial charge >= 0.3 is 12.1 Å². The third-order valence-electron chi connectivity index (χ3n) is 9.49. The van der Waals surface area contributed by atoms with E-state index in [0.717, 1.165) is 16.7 Å². The molecule has 10 heteroatoms. The van der Waals surface area contributed by atoms with Crippen molar-refractivity contribution in [2.75, 3.05) is 6.26 Å². The molecule has 2 N–H and O–H groups in total. The summed E-state index contributed by atoms with van der Waals surface area (Å²) in [6.45, 7) is 1.38. The molecule has 37 heavy (non-hydrogen) atoms. The van der Waals surface area contributed by atoms with Gasteiger partial charge in [0, 0.05) is 28.9 Å². The minimum absolute atomic E-state index is 0.0209. The number of benzene rings is 1. The monoisotopic (exact) mass is 543 g/mol. The molecule has 2 fully saturated rings. The van der Waals surface area contributed by atoms with E-state index in [1.807, 2.05) is 0 Å². The fourth-order valence-electron chi connectivity index (χ4n) is 7.67. The molecule has 0 bridgehead atoms. The van der Waals surface area contributed by atoms with Gasteiger partial charge in [-0.1, -0.05) is 24.6 Å². The highest BCUT2D eigenvalue weighted by atomic mass is 32.2. The maximum Gasteiger partial charge on any atom is 0.456 e. The predicted molar refractivity (Wildman–Crippen MR) is 128 cm³/mol. The van der Waals surface area contributed by atoms with Crippen molar-refractivity contribution in [2.45, 2.75) is 80.4 Å². The first-order valence-electron chi connectivity index (χ1n) is 12.5. The molecule has 2 saturated carbocycles. The second-order valence-corrected chi connectivity index (χ2v) is 13.5. The molecule has 4 aliphatic carbocycles. The first-order chi connectivity index (χ1) is 17.0. The van der Waals surface area contributed by atoms with E-state index in [-0.39, 0.29) is 24.5 Å². The van der Waals surface area contributed by atoms with Crippen molar-refractivity contribution in [2.24, 2.45) is 17.3 Å². The van der Waals surface area contributed by atoms with Crippen LogP contribution in [0, 0.1) is 22.0 Å². The van der Waals surface area contributed by atoms with Gasteiger partial charge in [-0.05, 0) is 85.3 Å². The van der Waals surface area contributed by atoms with Crippen LogP contribution in [0.4, 0.5) is 22.0 Å². The van der Waals surface area contributed by atoms with Crippen molar-refractivity contribution in [3.05, 3.63) is 52.6 Å². The Balaban J connectivity index is 1.69. The van der Waals surface area contributed by atoms with E-state index in [1.54, 1.807) is 18.2 Å². The zero-order valence-electron chi connectivity index (χ0n) is 20.6. The molecule has 202 valence electrons. The number of alkyl halides is 5. The molecule has 0 heterocycles. The smallest absolute Gasteiger partial charge is 0.383 e. The summed E-state index contributed by atoms with van der Waals surface area (Å²) in [6, 6.07) is 6.39. The summed E-state index contributed by atoms with van der Waals surface area (Å²) in [5.74, 6) is -6.68. The van der Waals surface area contributed by atoms with Crippen LogP contribution < -0.4 is 0 Å². The molecule has 0 saturated heterocycles. The number of carbonyl (C=O) groups is 1. The average molecular weight is 544 g/mol. The molecule has 0 amide bonds. The van der Waals surface area contributed by atoms with Gasteiger partial charge in [0.1, 0.15) is 5.60 Å². The van der Waals surface area contributed by atoms with Crippen LogP contribution in [-0.4, -0.2) is 39.1 Å². The summed E-state index contributed by atoms with van der Waals surface area (Å²) in [7, 11) is -3.00. The van der Waals surface area contributed by atoms with Crippen LogP contribution in [0.25, 0.3) is 0 Å². The maximum atomic E-state index is 15.0. The third kappa shape index (κ3) is 3.76. The number of fused-ring (bicyclic) bond motifs is 4. The number of carbonyl (C=O) groups excluding carboxylic acids is 1. The number of allylic oxidation sites excluding steroid dienone is 4. The molecule has 1 aromatic carbocycles. The quantitative estimate of drug-likeness (QED) is 0.425. The summed E-state index contributed by atoms with van der Waals surface area (Å²) in [6.07, 6.45) is -1.83. The van der Waals surface area contributed by atoms with Gasteiger partial charge in [-0.2, -0.15) is 22.0 Å². The van der Waals surface area contributed by atoms with E-state index in [9.17, 15) is 36.1 Å². The lowest BCUT2D eigenvalue weighted by Gasteiger charge is -2.56. The SMILES string of the molecule is C[C@]12C[C@H](c3ccc(S(C)(=N)=O)cc3)C3=C4CCC(=O)C=C4CCC3C1CC[C@@]2(O)C(F)(F)C(F)(F)F. The van der Waals surface area contributed by atoms with Crippen LogP contribution in [0.5, 0.6) is 0 Å². The molecule has 6 atom stereocenters. The maximum absolute atomic E-state index is 15.0. The first kappa shape index (κ1) is 26.5. The third-order valence-corrected chi connectivity index (χ3v) is 10.7. The normalized spacial score (nSPS) is 35.8. The van der Waals surface area contributed by atoms with E-state index >= 15 is 0 Å². The highest BCUT2D eigenvalue weighted by Crippen LogP contribution is 2.70. The Labute approximate surface area is 213 Å². The molecule has 5 rings (SSSR count). The number of hydrogen-bond acceptors (Lipinski definition) is 4. The Morgan fingerprint density at radius 1 is 1.05 bits per heavy atom. The number of hydrogen-bond donors (Lipinski definition) is 2. The Hall–Kier alpha value is -2.07. The predicted octanol–water partition coefficient (Wildman–Crippen LogP) is 6.55. The van der Waals surface area contributed by atoms with Crippen LogP contribution in [-0.2, 0) is 14.5 Å². The van der Waals surface area contributed by atoms with Crippen molar-refractivity contribution in [3.8, 4) is 0 Å². The molecule has 4 nitrogen and oxygen atoms in total. The number of nitrogens with one attached hydrogen (secondary N) is 1. The molecule has 0 radical (unpaired) electrons. The molecule has 0 spiro atoms. The lowest BCUT2D eigenvalue weighted by Crippen LogP contribution is -2.65. The van der Waals surface area contributed by atoms with Gasteiger partial charge in [0.15, 0.2) is 5.78 Å². The molecule has 0 aliphatic heterocycles. The summed E-state index contributed by atoms with van der Waals surface area (Å²) >= 11 is 0. The van der Waals surface area contributed by atoms with Gasteiger partial charge in [-0.15, -0.1) is 0 Å². The fraction of sp³-hybridized carbons (Fsp3) is 0.593. The molecular weight excluding hydrogens is 513 g/mol.